The van der Waals surface area contributed by atoms with Gasteiger partial charge in [0.25, 0.3) is 0 Å². The minimum absolute atomic E-state index is 0.0478. The summed E-state index contributed by atoms with van der Waals surface area (Å²) in [5, 5.41) is 0. The average molecular weight is 182 g/mol. The van der Waals surface area contributed by atoms with Crippen LogP contribution in [-0.4, -0.2) is 18.4 Å². The lowest BCUT2D eigenvalue weighted by Crippen LogP contribution is -1.90. The van der Waals surface area contributed by atoms with Crippen molar-refractivity contribution in [1.29, 1.82) is 0 Å². The van der Waals surface area contributed by atoms with Gasteiger partial charge in [0.2, 0.25) is 6.43 Å². The number of alkyl halides is 2. The van der Waals surface area contributed by atoms with Gasteiger partial charge in [0, 0.05) is 6.42 Å². The lowest BCUT2D eigenvalue weighted by atomic mass is 10.2. The molecule has 0 aromatic carbocycles. The molecule has 0 radical (unpaired) electrons. The molecule has 1 unspecified atom stereocenters. The van der Waals surface area contributed by atoms with E-state index in [1.54, 1.807) is 0 Å². The Morgan fingerprint density at radius 3 is 2.36 bits per heavy atom. The molecule has 0 aliphatic carbocycles. The first-order valence-corrected chi connectivity index (χ1v) is 5.91. The first-order valence-electron chi connectivity index (χ1n) is 3.87. The van der Waals surface area contributed by atoms with Crippen molar-refractivity contribution in [2.24, 2.45) is 0 Å². The Hall–Kier alpha value is -0.0100. The van der Waals surface area contributed by atoms with Crippen molar-refractivity contribution < 1.29 is 8.78 Å². The minimum Gasteiger partial charge on any atom is -0.211 e. The van der Waals surface area contributed by atoms with E-state index in [9.17, 15) is 8.78 Å². The molecular weight excluding hydrogens is 166 g/mol. The minimum atomic E-state index is -2.13. The predicted octanol–water partition coefficient (Wildman–Crippen LogP) is 3.03. The number of rotatable bonds is 5. The van der Waals surface area contributed by atoms with Gasteiger partial charge in [-0.3, -0.25) is 0 Å². The van der Waals surface area contributed by atoms with Crippen molar-refractivity contribution >= 4 is 10.3 Å². The molecule has 0 nitrogen and oxygen atoms in total. The van der Waals surface area contributed by atoms with Gasteiger partial charge in [0.05, 0.1) is 0 Å². The van der Waals surface area contributed by atoms with Gasteiger partial charge in [-0.05, 0) is 24.9 Å². The average Bonchev–Trinajstić information content (AvgIpc) is 1.85. The quantitative estimate of drug-likeness (QED) is 0.490. The van der Waals surface area contributed by atoms with E-state index >= 15 is 0 Å². The molecule has 0 saturated carbocycles. The molecular formula is C8H16F2S. The molecule has 0 rings (SSSR count). The summed E-state index contributed by atoms with van der Waals surface area (Å²) < 4.78 is 23.2. The fourth-order valence-electron chi connectivity index (χ4n) is 0.837. The third kappa shape index (κ3) is 9.99. The van der Waals surface area contributed by atoms with E-state index in [0.717, 1.165) is 18.6 Å². The Morgan fingerprint density at radius 2 is 1.91 bits per heavy atom. The van der Waals surface area contributed by atoms with Crippen LogP contribution >= 0.6 is 10.3 Å². The topological polar surface area (TPSA) is 0 Å². The smallest absolute Gasteiger partial charge is 0.211 e. The van der Waals surface area contributed by atoms with Gasteiger partial charge in [0.15, 0.2) is 0 Å². The van der Waals surface area contributed by atoms with Crippen molar-refractivity contribution in [2.45, 2.75) is 32.1 Å². The maximum Gasteiger partial charge on any atom is 0.238 e. The van der Waals surface area contributed by atoms with Crippen LogP contribution in [0.2, 0.25) is 0 Å². The lowest BCUT2D eigenvalue weighted by molar-refractivity contribution is 0.134. The summed E-state index contributed by atoms with van der Waals surface area (Å²) >= 11 is 0. The zero-order valence-corrected chi connectivity index (χ0v) is 7.79. The zero-order chi connectivity index (χ0) is 8.69. The van der Waals surface area contributed by atoms with Gasteiger partial charge in [-0.15, -0.1) is 5.69 Å². The summed E-state index contributed by atoms with van der Waals surface area (Å²) in [6.45, 7) is 0. The number of hydrogen-bond donors (Lipinski definition) is 1. The third-order valence-corrected chi connectivity index (χ3v) is 2.45. The first kappa shape index (κ1) is 11.0. The number of thiol groups is 1. The lowest BCUT2D eigenvalue weighted by Gasteiger charge is -1.99. The van der Waals surface area contributed by atoms with E-state index < -0.39 is 6.43 Å². The van der Waals surface area contributed by atoms with E-state index in [-0.39, 0.29) is 16.7 Å². The van der Waals surface area contributed by atoms with Crippen molar-refractivity contribution in [2.75, 3.05) is 12.0 Å². The molecule has 0 bridgehead atoms. The molecule has 0 saturated heterocycles. The summed E-state index contributed by atoms with van der Waals surface area (Å²) in [7, 11) is -0.320. The van der Waals surface area contributed by atoms with Crippen LogP contribution in [0.15, 0.2) is 0 Å². The molecule has 0 fully saturated rings. The van der Waals surface area contributed by atoms with Gasteiger partial charge in [-0.2, -0.15) is 0 Å². The van der Waals surface area contributed by atoms with Crippen LogP contribution in [-0.2, 0) is 0 Å². The van der Waals surface area contributed by atoms with Gasteiger partial charge >= 0.3 is 0 Å². The van der Waals surface area contributed by atoms with Crippen molar-refractivity contribution in [1.82, 2.24) is 0 Å². The van der Waals surface area contributed by atoms with Crippen LogP contribution in [0.1, 0.15) is 25.7 Å². The van der Waals surface area contributed by atoms with Gasteiger partial charge in [0.1, 0.15) is 0 Å². The van der Waals surface area contributed by atoms with Gasteiger partial charge in [-0.25, -0.2) is 19.1 Å². The van der Waals surface area contributed by atoms with Crippen molar-refractivity contribution in [3.8, 4) is 5.69 Å². The Balaban J connectivity index is 2.99. The highest BCUT2D eigenvalue weighted by molar-refractivity contribution is 8.06. The molecule has 3 heteroatoms. The van der Waals surface area contributed by atoms with Crippen LogP contribution in [0.25, 0.3) is 0 Å². The molecule has 0 spiro atoms. The predicted molar refractivity (Wildman–Crippen MR) is 49.2 cm³/mol. The fraction of sp³-hybridized carbons (Fsp3) is 0.875. The number of unbranched alkanes of at least 4 members (excludes halogenated alkanes) is 2. The second-order valence-corrected chi connectivity index (χ2v) is 4.68. The Bertz CT molecular complexity index is 146. The Labute approximate surface area is 69.6 Å². The summed E-state index contributed by atoms with van der Waals surface area (Å²) in [5.74, 6) is 1.01. The largest absolute Gasteiger partial charge is 0.238 e. The molecule has 0 aliphatic rings. The highest BCUT2D eigenvalue weighted by Crippen LogP contribution is 2.10. The van der Waals surface area contributed by atoms with Crippen LogP contribution in [0.3, 0.4) is 0 Å². The number of hydrogen-bond acceptors (Lipinski definition) is 0. The van der Waals surface area contributed by atoms with E-state index in [1.165, 1.54) is 0 Å². The molecule has 0 amide bonds. The Morgan fingerprint density at radius 1 is 1.27 bits per heavy atom. The highest BCUT2D eigenvalue weighted by atomic mass is 32.2. The summed E-state index contributed by atoms with van der Waals surface area (Å²) in [5.41, 5.74) is 5.55. The monoisotopic (exact) mass is 182 g/mol. The maximum atomic E-state index is 11.6. The van der Waals surface area contributed by atoms with Gasteiger partial charge in [-0.1, -0.05) is 6.42 Å². The normalized spacial score (nSPS) is 13.7. The maximum absolute atomic E-state index is 11.6. The first-order chi connectivity index (χ1) is 5.13. The van der Waals surface area contributed by atoms with Crippen LogP contribution in [0, 0.1) is 5.69 Å². The molecule has 0 heterocycles. The number of halogens is 2. The summed E-state index contributed by atoms with van der Waals surface area (Å²) in [6.07, 6.45) is 2.46. The van der Waals surface area contributed by atoms with Crippen molar-refractivity contribution in [3.05, 3.63) is 0 Å². The van der Waals surface area contributed by atoms with E-state index in [1.807, 2.05) is 6.26 Å². The van der Waals surface area contributed by atoms with E-state index in [4.69, 9.17) is 5.69 Å². The second-order valence-electron chi connectivity index (χ2n) is 2.72. The molecule has 11 heavy (non-hydrogen) atoms. The van der Waals surface area contributed by atoms with E-state index in [0.29, 0.717) is 6.42 Å². The van der Waals surface area contributed by atoms with Crippen molar-refractivity contribution in [3.63, 3.8) is 0 Å². The van der Waals surface area contributed by atoms with Crippen LogP contribution < -0.4 is 0 Å². The van der Waals surface area contributed by atoms with Crippen LogP contribution in [0.5, 0.6) is 0 Å². The molecule has 1 atom stereocenters. The second kappa shape index (κ2) is 6.68. The molecule has 0 aromatic heterocycles. The summed E-state index contributed by atoms with van der Waals surface area (Å²) in [6, 6.07) is 0. The Kier molecular flexibility index (Phi) is 6.68. The summed E-state index contributed by atoms with van der Waals surface area (Å²) in [4.78, 5) is 0. The third-order valence-electron chi connectivity index (χ3n) is 1.43. The molecule has 0 aliphatic heterocycles. The molecule has 0 N–H and O–H groups in total. The standard InChI is InChI=1S/C8H16F2S/c1-11(2)7-5-3-4-6-8(9)10/h1,8,11H,3-7H2,2H3. The molecule has 68 valence electrons. The van der Waals surface area contributed by atoms with Gasteiger partial charge < -0.3 is 0 Å². The SMILES string of the molecule is C#[SH](C)CCCCCC(F)F. The highest BCUT2D eigenvalue weighted by Gasteiger charge is 2.00. The van der Waals surface area contributed by atoms with E-state index in [2.05, 4.69) is 0 Å². The molecule has 0 aromatic rings. The zero-order valence-electron chi connectivity index (χ0n) is 6.89. The fourth-order valence-corrected chi connectivity index (χ4v) is 1.56. The van der Waals surface area contributed by atoms with Crippen LogP contribution in [0.4, 0.5) is 8.78 Å².